The fourth-order valence-electron chi connectivity index (χ4n) is 4.16. The normalized spacial score (nSPS) is 14.5. The number of carbonyl (C=O) groups excluding carboxylic acids is 2. The number of para-hydroxylation sites is 1. The van der Waals surface area contributed by atoms with Crippen LogP contribution in [0.1, 0.15) is 46.0 Å². The van der Waals surface area contributed by atoms with Gasteiger partial charge in [0.05, 0.1) is 17.8 Å². The van der Waals surface area contributed by atoms with Crippen molar-refractivity contribution in [1.29, 1.82) is 0 Å². The van der Waals surface area contributed by atoms with Crippen LogP contribution in [0, 0.1) is 6.92 Å². The molecule has 1 amide bonds. The molecule has 0 unspecified atom stereocenters. The van der Waals surface area contributed by atoms with Crippen LogP contribution in [0.15, 0.2) is 54.7 Å². The minimum Gasteiger partial charge on any atom is -0.462 e. The van der Waals surface area contributed by atoms with Gasteiger partial charge in [-0.2, -0.15) is 0 Å². The van der Waals surface area contributed by atoms with E-state index in [1.54, 1.807) is 13.1 Å². The highest BCUT2D eigenvalue weighted by Gasteiger charge is 2.26. The monoisotopic (exact) mass is 417 g/mol. The lowest BCUT2D eigenvalue weighted by Gasteiger charge is -2.35. The average Bonchev–Trinajstić information content (AvgIpc) is 2.79. The molecule has 1 saturated heterocycles. The number of rotatable bonds is 5. The van der Waals surface area contributed by atoms with Crippen molar-refractivity contribution in [3.63, 3.8) is 0 Å². The van der Waals surface area contributed by atoms with Crippen molar-refractivity contribution in [2.75, 3.05) is 24.6 Å². The molecular weight excluding hydrogens is 390 g/mol. The largest absolute Gasteiger partial charge is 0.462 e. The van der Waals surface area contributed by atoms with Crippen molar-refractivity contribution >= 4 is 28.5 Å². The molecule has 0 aliphatic carbocycles. The van der Waals surface area contributed by atoms with Crippen molar-refractivity contribution < 1.29 is 14.3 Å². The van der Waals surface area contributed by atoms with Crippen LogP contribution in [-0.2, 0) is 4.74 Å². The van der Waals surface area contributed by atoms with E-state index in [1.807, 2.05) is 55.5 Å². The number of nitrogens with zero attached hydrogens (tertiary/aromatic N) is 2. The van der Waals surface area contributed by atoms with Gasteiger partial charge in [0.25, 0.3) is 5.91 Å². The molecule has 3 aromatic rings. The highest BCUT2D eigenvalue weighted by molar-refractivity contribution is 6.05. The number of piperidine rings is 1. The van der Waals surface area contributed by atoms with Crippen molar-refractivity contribution in [3.05, 3.63) is 71.4 Å². The van der Waals surface area contributed by atoms with Crippen LogP contribution in [0.3, 0.4) is 0 Å². The highest BCUT2D eigenvalue weighted by atomic mass is 16.5. The first-order chi connectivity index (χ1) is 15.1. The number of aromatic nitrogens is 1. The Morgan fingerprint density at radius 2 is 1.77 bits per heavy atom. The fourth-order valence-corrected chi connectivity index (χ4v) is 4.16. The van der Waals surface area contributed by atoms with E-state index in [1.165, 1.54) is 0 Å². The van der Waals surface area contributed by atoms with Crippen LogP contribution < -0.4 is 10.2 Å². The molecule has 160 valence electrons. The van der Waals surface area contributed by atoms with Crippen molar-refractivity contribution in [2.24, 2.45) is 0 Å². The van der Waals surface area contributed by atoms with Crippen molar-refractivity contribution in [1.82, 2.24) is 10.3 Å². The Hall–Kier alpha value is -3.41. The zero-order chi connectivity index (χ0) is 21.8. The van der Waals surface area contributed by atoms with E-state index in [2.05, 4.69) is 15.2 Å². The van der Waals surface area contributed by atoms with Crippen LogP contribution in [0.25, 0.3) is 10.9 Å². The van der Waals surface area contributed by atoms with Gasteiger partial charge in [-0.1, -0.05) is 36.4 Å². The summed E-state index contributed by atoms with van der Waals surface area (Å²) >= 11 is 0. The Balaban J connectivity index is 1.53. The van der Waals surface area contributed by atoms with Crippen LogP contribution in [0.5, 0.6) is 0 Å². The number of benzene rings is 2. The first kappa shape index (κ1) is 20.8. The molecule has 31 heavy (non-hydrogen) atoms. The van der Waals surface area contributed by atoms with E-state index in [4.69, 9.17) is 4.74 Å². The summed E-state index contributed by atoms with van der Waals surface area (Å²) in [6.45, 7) is 5.54. The maximum absolute atomic E-state index is 12.7. The molecule has 1 aromatic heterocycles. The molecule has 0 spiro atoms. The summed E-state index contributed by atoms with van der Waals surface area (Å²) in [7, 11) is 0. The molecule has 1 N–H and O–H groups in total. The van der Waals surface area contributed by atoms with Crippen molar-refractivity contribution in [2.45, 2.75) is 32.7 Å². The summed E-state index contributed by atoms with van der Waals surface area (Å²) in [4.78, 5) is 32.0. The van der Waals surface area contributed by atoms with E-state index in [0.717, 1.165) is 53.6 Å². The van der Waals surface area contributed by atoms with Crippen LogP contribution in [0.2, 0.25) is 0 Å². The van der Waals surface area contributed by atoms with Gasteiger partial charge in [0.1, 0.15) is 5.56 Å². The molecule has 2 heterocycles. The number of hydrogen-bond acceptors (Lipinski definition) is 5. The number of aryl methyl sites for hydroxylation is 1. The molecule has 2 aromatic carbocycles. The second-order valence-electron chi connectivity index (χ2n) is 7.81. The minimum absolute atomic E-state index is 0.0295. The number of anilines is 1. The standard InChI is InChI=1S/C25H27N3O3/c1-3-31-25(30)21-16-26-22-11-7-6-10-20(22)23(21)28-14-12-18(13-15-28)27-24(29)19-9-5-4-8-17(19)2/h4-11,16,18H,3,12-15H2,1-2H3,(H,27,29). The zero-order valence-electron chi connectivity index (χ0n) is 17.9. The third-order valence-electron chi connectivity index (χ3n) is 5.78. The molecule has 0 saturated carbocycles. The van der Waals surface area contributed by atoms with Gasteiger partial charge >= 0.3 is 5.97 Å². The van der Waals surface area contributed by atoms with Gasteiger partial charge in [-0.05, 0) is 44.4 Å². The van der Waals surface area contributed by atoms with E-state index < -0.39 is 0 Å². The molecule has 0 bridgehead atoms. The number of esters is 1. The minimum atomic E-state index is -0.356. The SMILES string of the molecule is CCOC(=O)c1cnc2ccccc2c1N1CCC(NC(=O)c2ccccc2C)CC1. The molecule has 0 atom stereocenters. The predicted octanol–water partition coefficient (Wildman–Crippen LogP) is 4.12. The Morgan fingerprint density at radius 1 is 1.06 bits per heavy atom. The van der Waals surface area contributed by atoms with Crippen molar-refractivity contribution in [3.8, 4) is 0 Å². The lowest BCUT2D eigenvalue weighted by molar-refractivity contribution is 0.0526. The molecule has 0 radical (unpaired) electrons. The van der Waals surface area contributed by atoms with E-state index in [0.29, 0.717) is 12.2 Å². The van der Waals surface area contributed by atoms with Gasteiger partial charge in [0, 0.05) is 36.3 Å². The lowest BCUT2D eigenvalue weighted by Crippen LogP contribution is -2.45. The van der Waals surface area contributed by atoms with Gasteiger partial charge in [-0.15, -0.1) is 0 Å². The van der Waals surface area contributed by atoms with Gasteiger partial charge in [-0.25, -0.2) is 4.79 Å². The maximum atomic E-state index is 12.7. The lowest BCUT2D eigenvalue weighted by atomic mass is 10.0. The summed E-state index contributed by atoms with van der Waals surface area (Å²) in [6, 6.07) is 15.6. The van der Waals surface area contributed by atoms with Crippen LogP contribution in [-0.4, -0.2) is 42.6 Å². The Kier molecular flexibility index (Phi) is 6.16. The first-order valence-corrected chi connectivity index (χ1v) is 10.7. The number of amides is 1. The quantitative estimate of drug-likeness (QED) is 0.633. The maximum Gasteiger partial charge on any atom is 0.341 e. The van der Waals surface area contributed by atoms with E-state index >= 15 is 0 Å². The first-order valence-electron chi connectivity index (χ1n) is 10.7. The third kappa shape index (κ3) is 4.38. The van der Waals surface area contributed by atoms with Crippen LogP contribution in [0.4, 0.5) is 5.69 Å². The number of hydrogen-bond donors (Lipinski definition) is 1. The summed E-state index contributed by atoms with van der Waals surface area (Å²) in [6.07, 6.45) is 3.22. The molecule has 1 aliphatic heterocycles. The molecule has 1 fully saturated rings. The molecule has 6 nitrogen and oxygen atoms in total. The number of nitrogens with one attached hydrogen (secondary N) is 1. The Morgan fingerprint density at radius 3 is 2.52 bits per heavy atom. The molecule has 1 aliphatic rings. The fraction of sp³-hybridized carbons (Fsp3) is 0.320. The Bertz CT molecular complexity index is 1100. The van der Waals surface area contributed by atoms with Gasteiger partial charge < -0.3 is 15.0 Å². The summed E-state index contributed by atoms with van der Waals surface area (Å²) < 4.78 is 5.28. The van der Waals surface area contributed by atoms with Crippen LogP contribution >= 0.6 is 0 Å². The second kappa shape index (κ2) is 9.16. The number of ether oxygens (including phenoxy) is 1. The number of carbonyl (C=O) groups is 2. The van der Waals surface area contributed by atoms with Gasteiger partial charge in [0.2, 0.25) is 0 Å². The number of pyridine rings is 1. The highest BCUT2D eigenvalue weighted by Crippen LogP contribution is 2.32. The third-order valence-corrected chi connectivity index (χ3v) is 5.78. The summed E-state index contributed by atoms with van der Waals surface area (Å²) in [5.41, 5.74) is 3.89. The number of fused-ring (bicyclic) bond motifs is 1. The average molecular weight is 418 g/mol. The zero-order valence-corrected chi connectivity index (χ0v) is 17.9. The van der Waals surface area contributed by atoms with Gasteiger partial charge in [0.15, 0.2) is 0 Å². The summed E-state index contributed by atoms with van der Waals surface area (Å²) in [5, 5.41) is 4.11. The van der Waals surface area contributed by atoms with E-state index in [9.17, 15) is 9.59 Å². The Labute approximate surface area is 182 Å². The van der Waals surface area contributed by atoms with Gasteiger partial charge in [-0.3, -0.25) is 9.78 Å². The molecule has 4 rings (SSSR count). The summed E-state index contributed by atoms with van der Waals surface area (Å²) in [5.74, 6) is -0.385. The van der Waals surface area contributed by atoms with E-state index in [-0.39, 0.29) is 17.9 Å². The molecular formula is C25H27N3O3. The topological polar surface area (TPSA) is 71.5 Å². The predicted molar refractivity (Wildman–Crippen MR) is 122 cm³/mol. The second-order valence-corrected chi connectivity index (χ2v) is 7.81. The molecule has 6 heteroatoms. The smallest absolute Gasteiger partial charge is 0.341 e.